The maximum absolute atomic E-state index is 11.6. The first kappa shape index (κ1) is 18.4. The summed E-state index contributed by atoms with van der Waals surface area (Å²) in [6.07, 6.45) is 1.10. The third-order valence-electron chi connectivity index (χ3n) is 2.52. The van der Waals surface area contributed by atoms with Crippen molar-refractivity contribution in [2.75, 3.05) is 40.4 Å². The van der Waals surface area contributed by atoms with Crippen molar-refractivity contribution in [2.24, 2.45) is 0 Å². The third kappa shape index (κ3) is 10.3. The molecule has 1 amide bonds. The molecule has 0 fully saturated rings. The Morgan fingerprint density at radius 3 is 2.45 bits per heavy atom. The fraction of sp³-hybridized carbons (Fsp3) is 0.769. The lowest BCUT2D eigenvalue weighted by Gasteiger charge is -2.15. The van der Waals surface area contributed by atoms with Gasteiger partial charge in [0.25, 0.3) is 0 Å². The minimum atomic E-state index is -0.286. The van der Waals surface area contributed by atoms with Gasteiger partial charge in [0.1, 0.15) is 0 Å². The number of rotatable bonds is 10. The Morgan fingerprint density at radius 1 is 1.15 bits per heavy atom. The summed E-state index contributed by atoms with van der Waals surface area (Å²) in [4.78, 5) is 35.3. The van der Waals surface area contributed by atoms with Crippen LogP contribution in [-0.2, 0) is 23.9 Å². The Labute approximate surface area is 119 Å². The first-order valence-corrected chi connectivity index (χ1v) is 6.67. The lowest BCUT2D eigenvalue weighted by Crippen LogP contribution is -2.36. The van der Waals surface area contributed by atoms with E-state index in [1.54, 1.807) is 18.9 Å². The zero-order valence-corrected chi connectivity index (χ0v) is 12.4. The summed E-state index contributed by atoms with van der Waals surface area (Å²) in [6, 6.07) is 0. The molecule has 0 aromatic rings. The van der Waals surface area contributed by atoms with E-state index in [2.05, 4.69) is 10.1 Å². The molecule has 7 heteroatoms. The van der Waals surface area contributed by atoms with Crippen LogP contribution >= 0.6 is 0 Å². The standard InChI is InChI=1S/C13H24N2O5/c1-4-20-13(18)7-9-15(2)10-11(16)14-8-5-6-12(17)19-3/h4-10H2,1-3H3,(H,14,16). The van der Waals surface area contributed by atoms with Gasteiger partial charge >= 0.3 is 11.9 Å². The molecule has 0 saturated carbocycles. The molecular formula is C13H24N2O5. The summed E-state index contributed by atoms with van der Waals surface area (Å²) in [6.45, 7) is 3.22. The van der Waals surface area contributed by atoms with Crippen LogP contribution in [0.25, 0.3) is 0 Å². The molecule has 0 bridgehead atoms. The van der Waals surface area contributed by atoms with Gasteiger partial charge in [0.05, 0.1) is 26.7 Å². The number of likely N-dealkylation sites (N-methyl/N-ethyl adjacent to an activating group) is 1. The molecule has 0 rings (SSSR count). The highest BCUT2D eigenvalue weighted by molar-refractivity contribution is 5.78. The average Bonchev–Trinajstić information content (AvgIpc) is 2.41. The van der Waals surface area contributed by atoms with E-state index in [9.17, 15) is 14.4 Å². The molecule has 0 unspecified atom stereocenters. The van der Waals surface area contributed by atoms with Crippen LogP contribution in [0, 0.1) is 0 Å². The van der Waals surface area contributed by atoms with Crippen molar-refractivity contribution in [1.82, 2.24) is 10.2 Å². The summed E-state index contributed by atoms with van der Waals surface area (Å²) >= 11 is 0. The number of nitrogens with one attached hydrogen (secondary N) is 1. The molecule has 0 saturated heterocycles. The number of methoxy groups -OCH3 is 1. The molecule has 0 heterocycles. The normalized spacial score (nSPS) is 10.2. The van der Waals surface area contributed by atoms with Crippen molar-refractivity contribution in [3.05, 3.63) is 0 Å². The van der Waals surface area contributed by atoms with Crippen LogP contribution in [0.1, 0.15) is 26.2 Å². The smallest absolute Gasteiger partial charge is 0.307 e. The molecule has 0 aromatic carbocycles. The SMILES string of the molecule is CCOC(=O)CCN(C)CC(=O)NCCCC(=O)OC. The van der Waals surface area contributed by atoms with Gasteiger partial charge < -0.3 is 14.8 Å². The molecule has 7 nitrogen and oxygen atoms in total. The first-order chi connectivity index (χ1) is 9.49. The summed E-state index contributed by atoms with van der Waals surface area (Å²) < 4.78 is 9.29. The molecule has 1 N–H and O–H groups in total. The Kier molecular flexibility index (Phi) is 10.3. The van der Waals surface area contributed by atoms with Crippen LogP contribution in [0.3, 0.4) is 0 Å². The Morgan fingerprint density at radius 2 is 1.85 bits per heavy atom. The van der Waals surface area contributed by atoms with E-state index in [1.807, 2.05) is 0 Å². The van der Waals surface area contributed by atoms with Gasteiger partial charge in [-0.15, -0.1) is 0 Å². The first-order valence-electron chi connectivity index (χ1n) is 6.67. The number of carbonyl (C=O) groups excluding carboxylic acids is 3. The molecule has 0 aromatic heterocycles. The summed E-state index contributed by atoms with van der Waals surface area (Å²) in [5.41, 5.74) is 0. The van der Waals surface area contributed by atoms with Crippen molar-refractivity contribution < 1.29 is 23.9 Å². The molecule has 0 radical (unpaired) electrons. The number of hydrogen-bond acceptors (Lipinski definition) is 6. The fourth-order valence-corrected chi connectivity index (χ4v) is 1.46. The van der Waals surface area contributed by atoms with Gasteiger partial charge in [0, 0.05) is 19.5 Å². The van der Waals surface area contributed by atoms with Gasteiger partial charge in [-0.2, -0.15) is 0 Å². The molecule has 0 spiro atoms. The van der Waals surface area contributed by atoms with Crippen molar-refractivity contribution in [3.63, 3.8) is 0 Å². The Hall–Kier alpha value is -1.63. The average molecular weight is 288 g/mol. The highest BCUT2D eigenvalue weighted by atomic mass is 16.5. The second-order valence-electron chi connectivity index (χ2n) is 4.32. The lowest BCUT2D eigenvalue weighted by molar-refractivity contribution is -0.143. The number of esters is 2. The van der Waals surface area contributed by atoms with Gasteiger partial charge in [-0.25, -0.2) is 0 Å². The van der Waals surface area contributed by atoms with Gasteiger partial charge in [-0.05, 0) is 20.4 Å². The molecule has 116 valence electrons. The number of hydrogen-bond donors (Lipinski definition) is 1. The van der Waals surface area contributed by atoms with Crippen LogP contribution in [0.2, 0.25) is 0 Å². The Bertz CT molecular complexity index is 320. The second kappa shape index (κ2) is 11.2. The fourth-order valence-electron chi connectivity index (χ4n) is 1.46. The Balaban J connectivity index is 3.64. The predicted molar refractivity (Wildman–Crippen MR) is 73.0 cm³/mol. The molecule has 0 atom stereocenters. The molecule has 0 aliphatic rings. The quantitative estimate of drug-likeness (QED) is 0.448. The van der Waals surface area contributed by atoms with Crippen LogP contribution in [-0.4, -0.2) is 63.1 Å². The van der Waals surface area contributed by atoms with Gasteiger partial charge in [-0.1, -0.05) is 0 Å². The maximum atomic E-state index is 11.6. The van der Waals surface area contributed by atoms with Crippen LogP contribution in [0.5, 0.6) is 0 Å². The minimum absolute atomic E-state index is 0.138. The molecule has 0 aliphatic heterocycles. The highest BCUT2D eigenvalue weighted by Gasteiger charge is 2.09. The number of amides is 1. The maximum Gasteiger partial charge on any atom is 0.307 e. The monoisotopic (exact) mass is 288 g/mol. The largest absolute Gasteiger partial charge is 0.469 e. The molecule has 20 heavy (non-hydrogen) atoms. The van der Waals surface area contributed by atoms with E-state index in [0.717, 1.165) is 0 Å². The lowest BCUT2D eigenvalue weighted by atomic mass is 10.3. The van der Waals surface area contributed by atoms with Crippen molar-refractivity contribution in [3.8, 4) is 0 Å². The highest BCUT2D eigenvalue weighted by Crippen LogP contribution is 1.92. The van der Waals surface area contributed by atoms with Crippen molar-refractivity contribution in [2.45, 2.75) is 26.2 Å². The van der Waals surface area contributed by atoms with Gasteiger partial charge in [0.2, 0.25) is 5.91 Å². The van der Waals surface area contributed by atoms with Crippen LogP contribution in [0.15, 0.2) is 0 Å². The minimum Gasteiger partial charge on any atom is -0.469 e. The number of nitrogens with zero attached hydrogens (tertiary/aromatic N) is 1. The second-order valence-corrected chi connectivity index (χ2v) is 4.32. The molecule has 0 aliphatic carbocycles. The summed E-state index contributed by atoms with van der Waals surface area (Å²) in [7, 11) is 3.09. The summed E-state index contributed by atoms with van der Waals surface area (Å²) in [5, 5.41) is 2.70. The number of carbonyl (C=O) groups is 3. The van der Waals surface area contributed by atoms with Gasteiger partial charge in [-0.3, -0.25) is 19.3 Å². The molecular weight excluding hydrogens is 264 g/mol. The van der Waals surface area contributed by atoms with E-state index in [4.69, 9.17) is 4.74 Å². The van der Waals surface area contributed by atoms with E-state index >= 15 is 0 Å². The number of ether oxygens (including phenoxy) is 2. The van der Waals surface area contributed by atoms with Crippen LogP contribution < -0.4 is 5.32 Å². The topological polar surface area (TPSA) is 84.9 Å². The van der Waals surface area contributed by atoms with E-state index in [0.29, 0.717) is 26.1 Å². The van der Waals surface area contributed by atoms with E-state index < -0.39 is 0 Å². The van der Waals surface area contributed by atoms with Crippen molar-refractivity contribution in [1.29, 1.82) is 0 Å². The zero-order valence-electron chi connectivity index (χ0n) is 12.4. The zero-order chi connectivity index (χ0) is 15.4. The van der Waals surface area contributed by atoms with Crippen LogP contribution in [0.4, 0.5) is 0 Å². The van der Waals surface area contributed by atoms with E-state index in [-0.39, 0.29) is 37.2 Å². The predicted octanol–water partition coefficient (Wildman–Crippen LogP) is -0.0592. The van der Waals surface area contributed by atoms with E-state index in [1.165, 1.54) is 7.11 Å². The van der Waals surface area contributed by atoms with Crippen molar-refractivity contribution >= 4 is 17.8 Å². The summed E-state index contributed by atoms with van der Waals surface area (Å²) in [5.74, 6) is -0.690. The van der Waals surface area contributed by atoms with Gasteiger partial charge in [0.15, 0.2) is 0 Å². The third-order valence-corrected chi connectivity index (χ3v) is 2.52.